The van der Waals surface area contributed by atoms with Gasteiger partial charge in [-0.2, -0.15) is 0 Å². The molecular formula is CBOSi. The van der Waals surface area contributed by atoms with E-state index in [0.717, 1.165) is 0 Å². The fourth-order valence-electron chi connectivity index (χ4n) is 0. The summed E-state index contributed by atoms with van der Waals surface area (Å²) in [6.07, 6.45) is 0. The van der Waals surface area contributed by atoms with Gasteiger partial charge in [0.25, 0.3) is 6.79 Å². The molecule has 0 atom stereocenters. The van der Waals surface area contributed by atoms with Gasteiger partial charge < -0.3 is 0 Å². The zero-order chi connectivity index (χ0) is 2.00. The standard InChI is InChI=1S/CO.B.Si/c1-2;;. The van der Waals surface area contributed by atoms with Crippen LogP contribution in [0.2, 0.25) is 0 Å². The molecule has 0 bridgehead atoms. The number of hydrogen-bond donors (Lipinski definition) is 0. The number of rotatable bonds is 0. The summed E-state index contributed by atoms with van der Waals surface area (Å²) in [6.45, 7) is 4.50. The first-order chi connectivity index (χ1) is 1.00. The van der Waals surface area contributed by atoms with Gasteiger partial charge >= 0.3 is 0 Å². The highest BCUT2D eigenvalue weighted by Gasteiger charge is 0.761. The average Bonchev–Trinajstić information content (AvgIpc) is 1.00. The van der Waals surface area contributed by atoms with E-state index in [-0.39, 0.29) is 19.4 Å². The fourth-order valence-corrected chi connectivity index (χ4v) is 0. The molecule has 17 valence electrons. The summed E-state index contributed by atoms with van der Waals surface area (Å²) in [6, 6.07) is 0. The lowest BCUT2D eigenvalue weighted by atomic mass is 10.8. The zero-order valence-corrected chi connectivity index (χ0v) is 2.99. The summed E-state index contributed by atoms with van der Waals surface area (Å²) in [5.41, 5.74) is 0. The zero-order valence-electron chi connectivity index (χ0n) is 1.99. The maximum atomic E-state index is 7.50. The van der Waals surface area contributed by atoms with Crippen molar-refractivity contribution in [2.45, 2.75) is 0 Å². The summed E-state index contributed by atoms with van der Waals surface area (Å²) in [5.74, 6) is 0. The smallest absolute Gasteiger partial charge is 0.281 e. The maximum absolute atomic E-state index is 7.50. The molecule has 0 aliphatic carbocycles. The Morgan fingerprint density at radius 2 is 1.25 bits per heavy atom. The molecule has 0 saturated heterocycles. The Bertz CT molecular complexity index is 8.00. The van der Waals surface area contributed by atoms with Crippen LogP contribution in [0.15, 0.2) is 0 Å². The van der Waals surface area contributed by atoms with Crippen molar-refractivity contribution in [1.29, 1.82) is 0 Å². The molecule has 0 aliphatic heterocycles. The predicted molar refractivity (Wildman–Crippen MR) is 17.2 cm³/mol. The van der Waals surface area contributed by atoms with Crippen LogP contribution in [0.3, 0.4) is 0 Å². The Hall–Kier alpha value is -0.0482. The van der Waals surface area contributed by atoms with Gasteiger partial charge in [0.2, 0.25) is 0 Å². The molecule has 4 heavy (non-hydrogen) atoms. The number of carbonyl (C=O) groups excluding carboxylic acids is 1. The first-order valence-corrected chi connectivity index (χ1v) is 0.204. The molecule has 0 saturated carbocycles. The van der Waals surface area contributed by atoms with Gasteiger partial charge in [0.15, 0.2) is 0 Å². The molecule has 0 aromatic rings. The van der Waals surface area contributed by atoms with E-state index in [0.29, 0.717) is 0 Å². The minimum absolute atomic E-state index is 0. The van der Waals surface area contributed by atoms with Gasteiger partial charge in [-0.15, -0.1) is 0 Å². The molecule has 3 heteroatoms. The van der Waals surface area contributed by atoms with Gasteiger partial charge in [0.05, 0.1) is 0 Å². The summed E-state index contributed by atoms with van der Waals surface area (Å²) >= 11 is 0. The molecule has 1 nitrogen and oxygen atoms in total. The van der Waals surface area contributed by atoms with Crippen LogP contribution in [0.5, 0.6) is 0 Å². The minimum atomic E-state index is 0. The lowest BCUT2D eigenvalue weighted by molar-refractivity contribution is 0.574. The lowest BCUT2D eigenvalue weighted by Gasteiger charge is -0.761. The molecule has 0 aromatic carbocycles. The summed E-state index contributed by atoms with van der Waals surface area (Å²) in [5, 5.41) is 0. The molecule has 0 spiro atoms. The van der Waals surface area contributed by atoms with Crippen molar-refractivity contribution < 1.29 is 4.79 Å². The van der Waals surface area contributed by atoms with Gasteiger partial charge in [0.1, 0.15) is 0 Å². The minimum Gasteiger partial charge on any atom is -0.281 e. The molecule has 0 fully saturated rings. The third-order valence-corrected chi connectivity index (χ3v) is 0. The largest absolute Gasteiger partial charge is 0.281 e. The molecule has 0 unspecified atom stereocenters. The van der Waals surface area contributed by atoms with E-state index in [1.165, 1.54) is 0 Å². The van der Waals surface area contributed by atoms with Crippen molar-refractivity contribution >= 4 is 26.2 Å². The second kappa shape index (κ2) is 4840. The van der Waals surface area contributed by atoms with E-state index in [4.69, 9.17) is 4.79 Å². The topological polar surface area (TPSA) is 17.1 Å². The van der Waals surface area contributed by atoms with Crippen LogP contribution in [0.1, 0.15) is 0 Å². The highest BCUT2D eigenvalue weighted by Crippen LogP contribution is 0.513. The van der Waals surface area contributed by atoms with Crippen LogP contribution in [0.25, 0.3) is 0 Å². The molecule has 0 heterocycles. The molecule has 0 rings (SSSR count). The first kappa shape index (κ1) is 38.0. The van der Waals surface area contributed by atoms with Gasteiger partial charge in [0, 0.05) is 19.4 Å². The molecule has 0 aromatic heterocycles. The Labute approximate surface area is 32.0 Å². The van der Waals surface area contributed by atoms with Crippen LogP contribution >= 0.6 is 0 Å². The van der Waals surface area contributed by atoms with E-state index < -0.39 is 0 Å². The van der Waals surface area contributed by atoms with Gasteiger partial charge in [-0.25, -0.2) is 0 Å². The molecule has 0 aliphatic rings. The molecule has 0 amide bonds. The second-order valence-corrected chi connectivity index (χ2v) is 0. The van der Waals surface area contributed by atoms with Crippen LogP contribution in [-0.2, 0) is 4.79 Å². The van der Waals surface area contributed by atoms with Gasteiger partial charge in [-0.05, 0) is 0 Å². The van der Waals surface area contributed by atoms with Crippen molar-refractivity contribution in [2.24, 2.45) is 0 Å². The van der Waals surface area contributed by atoms with Crippen molar-refractivity contribution in [3.8, 4) is 0 Å². The molecule has 0 N–H and O–H groups in total. The van der Waals surface area contributed by atoms with Crippen molar-refractivity contribution in [2.75, 3.05) is 0 Å². The van der Waals surface area contributed by atoms with Crippen LogP contribution in [-0.4, -0.2) is 26.2 Å². The van der Waals surface area contributed by atoms with Crippen molar-refractivity contribution in [3.63, 3.8) is 0 Å². The normalized spacial score (nSPS) is 1.00. The Balaban J connectivity index is -0.00000000500. The lowest BCUT2D eigenvalue weighted by Crippen LogP contribution is -0.910. The molecular weight excluding hydrogens is 66.9 g/mol. The molecule has 9 radical (unpaired) electrons. The third kappa shape index (κ3) is 762. The SMILES string of the molecule is [B].[C]=O.[Si]. The fraction of sp³-hybridized carbons (Fsp3) is 0. The third-order valence-electron chi connectivity index (χ3n) is 0. The van der Waals surface area contributed by atoms with Crippen LogP contribution in [0.4, 0.5) is 0 Å². The van der Waals surface area contributed by atoms with Gasteiger partial charge in [-0.3, -0.25) is 4.79 Å². The van der Waals surface area contributed by atoms with E-state index in [1.807, 2.05) is 0 Å². The maximum Gasteiger partial charge on any atom is 0.281 e. The van der Waals surface area contributed by atoms with E-state index in [9.17, 15) is 0 Å². The Morgan fingerprint density at radius 3 is 1.25 bits per heavy atom. The predicted octanol–water partition coefficient (Wildman–Crippen LogP) is -1.16. The van der Waals surface area contributed by atoms with Crippen LogP contribution in [0, 0.1) is 0 Å². The summed E-state index contributed by atoms with van der Waals surface area (Å²) in [4.78, 5) is 7.50. The highest BCUT2D eigenvalue weighted by atomic mass is 28.1. The second-order valence-electron chi connectivity index (χ2n) is 0. The summed E-state index contributed by atoms with van der Waals surface area (Å²) < 4.78 is 0. The van der Waals surface area contributed by atoms with Crippen LogP contribution < -0.4 is 0 Å². The Morgan fingerprint density at radius 1 is 1.25 bits per heavy atom. The first-order valence-electron chi connectivity index (χ1n) is 0.204. The number of hydrogen-bond acceptors (Lipinski definition) is 1. The van der Waals surface area contributed by atoms with Gasteiger partial charge in [-0.1, -0.05) is 0 Å². The van der Waals surface area contributed by atoms with Crippen molar-refractivity contribution in [1.82, 2.24) is 0 Å². The average molecular weight is 66.9 g/mol. The highest BCUT2D eigenvalue weighted by molar-refractivity contribution is 5.76. The quantitative estimate of drug-likeness (QED) is 0.326. The van der Waals surface area contributed by atoms with E-state index in [1.54, 1.807) is 0 Å². The Kier molecular flexibility index (Phi) is 46000. The van der Waals surface area contributed by atoms with E-state index >= 15 is 0 Å². The summed E-state index contributed by atoms with van der Waals surface area (Å²) in [7, 11) is 0. The van der Waals surface area contributed by atoms with Crippen molar-refractivity contribution in [3.05, 3.63) is 0 Å². The monoisotopic (exact) mass is 67.0 g/mol. The van der Waals surface area contributed by atoms with E-state index in [2.05, 4.69) is 6.79 Å².